The summed E-state index contributed by atoms with van der Waals surface area (Å²) in [4.78, 5) is 21.8. The minimum atomic E-state index is -3.12. The number of halogens is 2. The number of phenolic OH excluding ortho intramolecular Hbond substituents is 1. The molecule has 80 valence electrons. The number of hydrogen-bond acceptors (Lipinski definition) is 3. The second kappa shape index (κ2) is 4.63. The number of phenols is 1. The minimum Gasteiger partial charge on any atom is -0.508 e. The van der Waals surface area contributed by atoms with Gasteiger partial charge >= 0.3 is 0 Å². The number of carbonyl (C=O) groups excluding carboxylic acids is 2. The Morgan fingerprint density at radius 1 is 1.20 bits per heavy atom. The van der Waals surface area contributed by atoms with Crippen LogP contribution in [0.15, 0.2) is 24.3 Å². The summed E-state index contributed by atoms with van der Waals surface area (Å²) in [7, 11) is 0. The predicted octanol–water partition coefficient (Wildman–Crippen LogP) is 1.80. The maximum absolute atomic E-state index is 11.8. The summed E-state index contributed by atoms with van der Waals surface area (Å²) in [5.74, 6) is -2.11. The van der Waals surface area contributed by atoms with Crippen molar-refractivity contribution in [3.63, 3.8) is 0 Å². The minimum absolute atomic E-state index is 0.0354. The molecule has 1 aromatic carbocycles. The summed E-state index contributed by atoms with van der Waals surface area (Å²) in [5.41, 5.74) is 0.127. The van der Waals surface area contributed by atoms with Crippen LogP contribution in [0.3, 0.4) is 0 Å². The molecule has 0 radical (unpaired) electrons. The molecule has 0 spiro atoms. The number of rotatable bonds is 4. The van der Waals surface area contributed by atoms with Crippen molar-refractivity contribution in [1.29, 1.82) is 0 Å². The van der Waals surface area contributed by atoms with Crippen LogP contribution in [0.25, 0.3) is 0 Å². The lowest BCUT2D eigenvalue weighted by Gasteiger charge is -2.00. The number of aromatic hydroxyl groups is 1. The van der Waals surface area contributed by atoms with Crippen molar-refractivity contribution in [1.82, 2.24) is 0 Å². The number of ketones is 2. The van der Waals surface area contributed by atoms with E-state index in [-0.39, 0.29) is 11.3 Å². The molecular weight excluding hydrogens is 206 g/mol. The van der Waals surface area contributed by atoms with Crippen LogP contribution in [0, 0.1) is 0 Å². The van der Waals surface area contributed by atoms with E-state index in [4.69, 9.17) is 5.11 Å². The molecule has 1 rings (SSSR count). The number of benzene rings is 1. The molecule has 0 saturated carbocycles. The molecule has 0 fully saturated rings. The molecule has 0 aromatic heterocycles. The van der Waals surface area contributed by atoms with Crippen LogP contribution >= 0.6 is 0 Å². The summed E-state index contributed by atoms with van der Waals surface area (Å²) in [6.45, 7) is 0. The molecule has 1 aromatic rings. The van der Waals surface area contributed by atoms with Gasteiger partial charge in [-0.1, -0.05) is 0 Å². The summed E-state index contributed by atoms with van der Waals surface area (Å²) < 4.78 is 23.7. The van der Waals surface area contributed by atoms with Crippen LogP contribution in [0.5, 0.6) is 5.75 Å². The van der Waals surface area contributed by atoms with Gasteiger partial charge in [0.05, 0.1) is 6.42 Å². The molecule has 0 aliphatic heterocycles. The van der Waals surface area contributed by atoms with Crippen molar-refractivity contribution in [2.75, 3.05) is 0 Å². The van der Waals surface area contributed by atoms with Crippen LogP contribution in [0.2, 0.25) is 0 Å². The highest BCUT2D eigenvalue weighted by Gasteiger charge is 2.19. The second-order valence-corrected chi connectivity index (χ2v) is 2.91. The van der Waals surface area contributed by atoms with Gasteiger partial charge in [-0.15, -0.1) is 0 Å². The normalized spacial score (nSPS) is 10.3. The lowest BCUT2D eigenvalue weighted by atomic mass is 10.1. The van der Waals surface area contributed by atoms with Crippen molar-refractivity contribution in [3.8, 4) is 5.75 Å². The molecule has 15 heavy (non-hydrogen) atoms. The zero-order chi connectivity index (χ0) is 11.4. The Morgan fingerprint density at radius 3 is 2.20 bits per heavy atom. The Bertz CT molecular complexity index is 371. The van der Waals surface area contributed by atoms with Crippen molar-refractivity contribution in [3.05, 3.63) is 29.8 Å². The Kier molecular flexibility index (Phi) is 3.49. The smallest absolute Gasteiger partial charge is 0.296 e. The van der Waals surface area contributed by atoms with E-state index in [0.717, 1.165) is 0 Å². The third-order valence-corrected chi connectivity index (χ3v) is 1.77. The maximum atomic E-state index is 11.8. The third-order valence-electron chi connectivity index (χ3n) is 1.77. The van der Waals surface area contributed by atoms with Gasteiger partial charge in [0.1, 0.15) is 5.75 Å². The van der Waals surface area contributed by atoms with Crippen LogP contribution < -0.4 is 0 Å². The molecule has 0 unspecified atom stereocenters. The molecular formula is C10H8F2O3. The van der Waals surface area contributed by atoms with Crippen molar-refractivity contribution < 1.29 is 23.5 Å². The van der Waals surface area contributed by atoms with E-state index in [0.29, 0.717) is 0 Å². The summed E-state index contributed by atoms with van der Waals surface area (Å²) in [6, 6.07) is 5.05. The summed E-state index contributed by atoms with van der Waals surface area (Å²) in [5, 5.41) is 8.91. The largest absolute Gasteiger partial charge is 0.508 e. The van der Waals surface area contributed by atoms with Crippen LogP contribution in [-0.4, -0.2) is 23.1 Å². The topological polar surface area (TPSA) is 54.4 Å². The summed E-state index contributed by atoms with van der Waals surface area (Å²) >= 11 is 0. The van der Waals surface area contributed by atoms with Crippen LogP contribution in [0.1, 0.15) is 16.8 Å². The molecule has 0 amide bonds. The maximum Gasteiger partial charge on any atom is 0.296 e. The Morgan fingerprint density at radius 2 is 1.73 bits per heavy atom. The first-order chi connectivity index (χ1) is 7.00. The van der Waals surface area contributed by atoms with Gasteiger partial charge in [0, 0.05) is 5.56 Å². The quantitative estimate of drug-likeness (QED) is 0.614. The number of carbonyl (C=O) groups is 2. The van der Waals surface area contributed by atoms with Gasteiger partial charge < -0.3 is 5.11 Å². The van der Waals surface area contributed by atoms with E-state index in [2.05, 4.69) is 0 Å². The lowest BCUT2D eigenvalue weighted by Crippen LogP contribution is -2.15. The first kappa shape index (κ1) is 11.3. The van der Waals surface area contributed by atoms with Crippen LogP contribution in [-0.2, 0) is 4.79 Å². The molecule has 0 atom stereocenters. The fourth-order valence-corrected chi connectivity index (χ4v) is 0.985. The van der Waals surface area contributed by atoms with Gasteiger partial charge in [-0.05, 0) is 24.3 Å². The Labute approximate surface area is 84.3 Å². The molecule has 0 heterocycles. The highest BCUT2D eigenvalue weighted by atomic mass is 19.3. The van der Waals surface area contributed by atoms with Crippen molar-refractivity contribution in [2.24, 2.45) is 0 Å². The lowest BCUT2D eigenvalue weighted by molar-refractivity contribution is -0.128. The fraction of sp³-hybridized carbons (Fsp3) is 0.200. The average molecular weight is 214 g/mol. The van der Waals surface area contributed by atoms with Gasteiger partial charge in [-0.3, -0.25) is 9.59 Å². The number of hydrogen-bond donors (Lipinski definition) is 1. The van der Waals surface area contributed by atoms with E-state index in [9.17, 15) is 18.4 Å². The molecule has 0 aliphatic rings. The molecule has 0 saturated heterocycles. The third kappa shape index (κ3) is 3.12. The highest BCUT2D eigenvalue weighted by molar-refractivity contribution is 6.08. The molecule has 1 N–H and O–H groups in total. The van der Waals surface area contributed by atoms with E-state index < -0.39 is 24.4 Å². The van der Waals surface area contributed by atoms with E-state index in [1.54, 1.807) is 0 Å². The fourth-order valence-electron chi connectivity index (χ4n) is 0.985. The first-order valence-electron chi connectivity index (χ1n) is 4.14. The van der Waals surface area contributed by atoms with Gasteiger partial charge in [-0.25, -0.2) is 8.78 Å². The highest BCUT2D eigenvalue weighted by Crippen LogP contribution is 2.12. The SMILES string of the molecule is O=C(CC(=O)C(F)F)c1ccc(O)cc1. The first-order valence-corrected chi connectivity index (χ1v) is 4.14. The zero-order valence-corrected chi connectivity index (χ0v) is 7.61. The molecule has 3 nitrogen and oxygen atoms in total. The molecule has 5 heteroatoms. The van der Waals surface area contributed by atoms with Gasteiger partial charge in [0.15, 0.2) is 5.78 Å². The zero-order valence-electron chi connectivity index (χ0n) is 7.61. The predicted molar refractivity (Wildman–Crippen MR) is 48.1 cm³/mol. The average Bonchev–Trinajstić information content (AvgIpc) is 2.18. The Balaban J connectivity index is 2.69. The second-order valence-electron chi connectivity index (χ2n) is 2.91. The standard InChI is InChI=1S/C10H8F2O3/c11-10(12)9(15)5-8(14)6-1-3-7(13)4-2-6/h1-4,10,13H,5H2. The van der Waals surface area contributed by atoms with Crippen molar-refractivity contribution >= 4 is 11.6 Å². The van der Waals surface area contributed by atoms with Gasteiger partial charge in [0.2, 0.25) is 5.78 Å². The molecule has 0 aliphatic carbocycles. The van der Waals surface area contributed by atoms with Crippen LogP contribution in [0.4, 0.5) is 8.78 Å². The number of Topliss-reactive ketones (excluding diaryl/α,β-unsaturated/α-hetero) is 2. The summed E-state index contributed by atoms with van der Waals surface area (Å²) in [6.07, 6.45) is -3.94. The van der Waals surface area contributed by atoms with Crippen molar-refractivity contribution in [2.45, 2.75) is 12.8 Å². The van der Waals surface area contributed by atoms with Gasteiger partial charge in [0.25, 0.3) is 6.43 Å². The van der Waals surface area contributed by atoms with E-state index in [1.165, 1.54) is 24.3 Å². The monoisotopic (exact) mass is 214 g/mol. The van der Waals surface area contributed by atoms with Gasteiger partial charge in [-0.2, -0.15) is 0 Å². The van der Waals surface area contributed by atoms with E-state index >= 15 is 0 Å². The van der Waals surface area contributed by atoms with E-state index in [1.807, 2.05) is 0 Å². The Hall–Kier alpha value is -1.78. The molecule has 0 bridgehead atoms. The number of alkyl halides is 2.